The van der Waals surface area contributed by atoms with Crippen molar-refractivity contribution >= 4 is 16.1 Å². The summed E-state index contributed by atoms with van der Waals surface area (Å²) in [6, 6.07) is 14.0. The molecule has 0 bridgehead atoms. The van der Waals surface area contributed by atoms with Crippen LogP contribution in [0.25, 0.3) is 0 Å². The molecule has 0 aliphatic carbocycles. The van der Waals surface area contributed by atoms with Gasteiger partial charge in [0.25, 0.3) is 0 Å². The van der Waals surface area contributed by atoms with E-state index in [0.717, 1.165) is 36.1 Å². The predicted octanol–water partition coefficient (Wildman–Crippen LogP) is 4.07. The predicted molar refractivity (Wildman–Crippen MR) is 125 cm³/mol. The van der Waals surface area contributed by atoms with E-state index in [9.17, 15) is 13.2 Å². The van der Waals surface area contributed by atoms with E-state index in [2.05, 4.69) is 24.5 Å². The van der Waals surface area contributed by atoms with Crippen LogP contribution in [0, 0.1) is 5.92 Å². The van der Waals surface area contributed by atoms with Crippen molar-refractivity contribution in [2.45, 2.75) is 50.6 Å². The van der Waals surface area contributed by atoms with Crippen LogP contribution in [0.3, 0.4) is 0 Å². The molecule has 0 saturated carbocycles. The maximum Gasteiger partial charge on any atom is 0.315 e. The highest BCUT2D eigenvalue weighted by Crippen LogP contribution is 2.24. The van der Waals surface area contributed by atoms with Crippen molar-refractivity contribution in [2.75, 3.05) is 20.2 Å². The van der Waals surface area contributed by atoms with Crippen LogP contribution in [0.1, 0.15) is 50.3 Å². The van der Waals surface area contributed by atoms with E-state index in [4.69, 9.17) is 4.74 Å². The number of nitrogens with one attached hydrogen (secondary N) is 2. The van der Waals surface area contributed by atoms with Crippen molar-refractivity contribution in [3.63, 3.8) is 0 Å². The van der Waals surface area contributed by atoms with E-state index >= 15 is 0 Å². The number of carbonyl (C=O) groups is 1. The third-order valence-corrected chi connectivity index (χ3v) is 7.67. The zero-order chi connectivity index (χ0) is 23.1. The first-order chi connectivity index (χ1) is 15.3. The molecule has 2 aromatic rings. The number of hydrogen-bond acceptors (Lipinski definition) is 4. The van der Waals surface area contributed by atoms with E-state index in [-0.39, 0.29) is 18.0 Å². The molecule has 174 valence electrons. The molecule has 1 saturated heterocycles. The molecule has 0 spiro atoms. The monoisotopic (exact) mass is 459 g/mol. The van der Waals surface area contributed by atoms with E-state index < -0.39 is 10.0 Å². The summed E-state index contributed by atoms with van der Waals surface area (Å²) in [4.78, 5) is 12.8. The second kappa shape index (κ2) is 10.8. The van der Waals surface area contributed by atoms with Gasteiger partial charge in [-0.1, -0.05) is 44.5 Å². The van der Waals surface area contributed by atoms with Gasteiger partial charge >= 0.3 is 6.03 Å². The first kappa shape index (κ1) is 24.1. The quantitative estimate of drug-likeness (QED) is 0.623. The molecule has 2 amide bonds. The number of carbonyl (C=O) groups excluding carboxylic acids is 1. The second-order valence-electron chi connectivity index (χ2n) is 8.43. The Morgan fingerprint density at radius 3 is 2.19 bits per heavy atom. The summed E-state index contributed by atoms with van der Waals surface area (Å²) < 4.78 is 32.3. The van der Waals surface area contributed by atoms with Gasteiger partial charge in [-0.2, -0.15) is 4.31 Å². The molecule has 1 heterocycles. The standard InChI is InChI=1S/C24H33N3O4S/c1-18(2)23(20-9-11-21(31-3)12-10-20)26-24(28)25-17-19-7-13-22(14-8-19)32(29,30)27-15-5-4-6-16-27/h7-14,18,23H,4-6,15-17H2,1-3H3,(H2,25,26,28). The average Bonchev–Trinajstić information content (AvgIpc) is 2.82. The summed E-state index contributed by atoms with van der Waals surface area (Å²) in [6.45, 7) is 5.57. The Balaban J connectivity index is 1.57. The Bertz CT molecular complexity index is 983. The molecule has 1 unspecified atom stereocenters. The van der Waals surface area contributed by atoms with Gasteiger partial charge in [0, 0.05) is 19.6 Å². The Kier molecular flexibility index (Phi) is 8.15. The fourth-order valence-corrected chi connectivity index (χ4v) is 5.37. The van der Waals surface area contributed by atoms with Gasteiger partial charge in [0.2, 0.25) is 10.0 Å². The topological polar surface area (TPSA) is 87.7 Å². The summed E-state index contributed by atoms with van der Waals surface area (Å²) in [5.41, 5.74) is 1.84. The molecule has 0 radical (unpaired) electrons. The minimum atomic E-state index is -3.45. The largest absolute Gasteiger partial charge is 0.497 e. The van der Waals surface area contributed by atoms with E-state index in [1.54, 1.807) is 35.7 Å². The number of sulfonamides is 1. The number of nitrogens with zero attached hydrogens (tertiary/aromatic N) is 1. The first-order valence-electron chi connectivity index (χ1n) is 11.1. The highest BCUT2D eigenvalue weighted by atomic mass is 32.2. The highest BCUT2D eigenvalue weighted by Gasteiger charge is 2.25. The van der Waals surface area contributed by atoms with E-state index in [1.807, 2.05) is 24.3 Å². The fraction of sp³-hybridized carbons (Fsp3) is 0.458. The molecule has 2 aromatic carbocycles. The van der Waals surface area contributed by atoms with Crippen LogP contribution in [-0.4, -0.2) is 39.0 Å². The lowest BCUT2D eigenvalue weighted by atomic mass is 9.96. The summed E-state index contributed by atoms with van der Waals surface area (Å²) in [5, 5.41) is 5.89. The van der Waals surface area contributed by atoms with Crippen molar-refractivity contribution in [3.8, 4) is 5.75 Å². The molecular formula is C24H33N3O4S. The molecule has 7 nitrogen and oxygen atoms in total. The molecule has 2 N–H and O–H groups in total. The fourth-order valence-electron chi connectivity index (χ4n) is 3.85. The van der Waals surface area contributed by atoms with Gasteiger partial charge in [-0.05, 0) is 54.2 Å². The molecule has 8 heteroatoms. The summed E-state index contributed by atoms with van der Waals surface area (Å²) >= 11 is 0. The zero-order valence-electron chi connectivity index (χ0n) is 19.0. The maximum atomic E-state index is 12.8. The minimum Gasteiger partial charge on any atom is -0.497 e. The van der Waals surface area contributed by atoms with Crippen LogP contribution in [0.5, 0.6) is 5.75 Å². The lowest BCUT2D eigenvalue weighted by Crippen LogP contribution is -2.39. The normalized spacial score (nSPS) is 15.9. The number of methoxy groups -OCH3 is 1. The van der Waals surface area contributed by atoms with Gasteiger partial charge < -0.3 is 15.4 Å². The van der Waals surface area contributed by atoms with Gasteiger partial charge in [0.1, 0.15) is 5.75 Å². The van der Waals surface area contributed by atoms with Crippen molar-refractivity contribution in [1.82, 2.24) is 14.9 Å². The Hall–Kier alpha value is -2.58. The molecule has 0 aromatic heterocycles. The third-order valence-electron chi connectivity index (χ3n) is 5.76. The molecular weight excluding hydrogens is 426 g/mol. The second-order valence-corrected chi connectivity index (χ2v) is 10.4. The highest BCUT2D eigenvalue weighted by molar-refractivity contribution is 7.89. The van der Waals surface area contributed by atoms with Gasteiger partial charge in [-0.25, -0.2) is 13.2 Å². The SMILES string of the molecule is COc1ccc(C(NC(=O)NCc2ccc(S(=O)(=O)N3CCCCC3)cc2)C(C)C)cc1. The minimum absolute atomic E-state index is 0.141. The van der Waals surface area contributed by atoms with Crippen LogP contribution < -0.4 is 15.4 Å². The first-order valence-corrected chi connectivity index (χ1v) is 12.5. The third kappa shape index (κ3) is 6.01. The number of rotatable bonds is 8. The summed E-state index contributed by atoms with van der Waals surface area (Å²) in [6.07, 6.45) is 2.89. The van der Waals surface area contributed by atoms with Crippen LogP contribution in [0.2, 0.25) is 0 Å². The molecule has 1 aliphatic rings. The molecule has 1 atom stereocenters. The number of hydrogen-bond donors (Lipinski definition) is 2. The summed E-state index contributed by atoms with van der Waals surface area (Å²) in [5.74, 6) is 0.972. The van der Waals surface area contributed by atoms with Crippen LogP contribution in [0.15, 0.2) is 53.4 Å². The van der Waals surface area contributed by atoms with Crippen LogP contribution in [0.4, 0.5) is 4.79 Å². The van der Waals surface area contributed by atoms with E-state index in [1.165, 1.54) is 0 Å². The maximum absolute atomic E-state index is 12.8. The lowest BCUT2D eigenvalue weighted by molar-refractivity contribution is 0.232. The Morgan fingerprint density at radius 2 is 1.62 bits per heavy atom. The molecule has 1 fully saturated rings. The number of piperidine rings is 1. The number of urea groups is 1. The number of benzene rings is 2. The Morgan fingerprint density at radius 1 is 1.00 bits per heavy atom. The van der Waals surface area contributed by atoms with Gasteiger partial charge in [0.05, 0.1) is 18.0 Å². The zero-order valence-corrected chi connectivity index (χ0v) is 19.8. The average molecular weight is 460 g/mol. The van der Waals surface area contributed by atoms with Crippen LogP contribution >= 0.6 is 0 Å². The number of amides is 2. The smallest absolute Gasteiger partial charge is 0.315 e. The van der Waals surface area contributed by atoms with Gasteiger partial charge in [0.15, 0.2) is 0 Å². The van der Waals surface area contributed by atoms with Crippen molar-refractivity contribution in [3.05, 3.63) is 59.7 Å². The number of ether oxygens (including phenoxy) is 1. The van der Waals surface area contributed by atoms with Crippen molar-refractivity contribution in [2.24, 2.45) is 5.92 Å². The van der Waals surface area contributed by atoms with Gasteiger partial charge in [-0.3, -0.25) is 0 Å². The van der Waals surface area contributed by atoms with Crippen molar-refractivity contribution < 1.29 is 17.9 Å². The van der Waals surface area contributed by atoms with E-state index in [0.29, 0.717) is 24.5 Å². The summed E-state index contributed by atoms with van der Waals surface area (Å²) in [7, 11) is -1.83. The van der Waals surface area contributed by atoms with Crippen LogP contribution in [-0.2, 0) is 16.6 Å². The molecule has 3 rings (SSSR count). The lowest BCUT2D eigenvalue weighted by Gasteiger charge is -2.26. The molecule has 32 heavy (non-hydrogen) atoms. The van der Waals surface area contributed by atoms with Crippen molar-refractivity contribution in [1.29, 1.82) is 0 Å². The molecule has 1 aliphatic heterocycles. The van der Waals surface area contributed by atoms with Gasteiger partial charge in [-0.15, -0.1) is 0 Å². The Labute approximate surface area is 191 Å².